The fraction of sp³-hybridized carbons (Fsp3) is 0.500. The molecule has 5 nitrogen and oxygen atoms in total. The topological polar surface area (TPSA) is 89.6 Å². The minimum absolute atomic E-state index is 0.0559. The van der Waals surface area contributed by atoms with E-state index in [2.05, 4.69) is 0 Å². The van der Waals surface area contributed by atoms with E-state index in [0.29, 0.717) is 5.75 Å². The average molecular weight is 293 g/mol. The molecule has 0 saturated heterocycles. The molecule has 0 aromatic heterocycles. The highest BCUT2D eigenvalue weighted by Crippen LogP contribution is 2.38. The molecule has 0 bridgehead atoms. The second kappa shape index (κ2) is 6.26. The largest absolute Gasteiger partial charge is 0.481 e. The molecule has 0 aliphatic carbocycles. The lowest BCUT2D eigenvalue weighted by Gasteiger charge is -2.28. The summed E-state index contributed by atoms with van der Waals surface area (Å²) in [4.78, 5) is 22.9. The summed E-state index contributed by atoms with van der Waals surface area (Å²) in [7, 11) is 0. The van der Waals surface area contributed by atoms with Crippen LogP contribution in [0.2, 0.25) is 0 Å². The number of esters is 1. The Morgan fingerprint density at radius 3 is 2.38 bits per heavy atom. The molecule has 1 aromatic carbocycles. The summed E-state index contributed by atoms with van der Waals surface area (Å²) in [6.45, 7) is 8.97. The maximum Gasteiger partial charge on any atom is 0.328 e. The molecule has 0 fully saturated rings. The number of carbonyl (C=O) groups is 2. The summed E-state index contributed by atoms with van der Waals surface area (Å²) >= 11 is 0. The molecule has 1 atom stereocenters. The second-order valence-corrected chi connectivity index (χ2v) is 6.12. The Morgan fingerprint density at radius 1 is 1.33 bits per heavy atom. The third-order valence-corrected chi connectivity index (χ3v) is 3.30. The molecule has 21 heavy (non-hydrogen) atoms. The number of carboxylic acid groups (broad SMARTS) is 1. The third kappa shape index (κ3) is 4.29. The number of carbonyl (C=O) groups excluding carboxylic acids is 1. The van der Waals surface area contributed by atoms with Crippen LogP contribution in [0.4, 0.5) is 0 Å². The van der Waals surface area contributed by atoms with Crippen LogP contribution in [0.25, 0.3) is 0 Å². The van der Waals surface area contributed by atoms with Gasteiger partial charge in [0.1, 0.15) is 11.8 Å². The molecular weight excluding hydrogens is 270 g/mol. The van der Waals surface area contributed by atoms with Crippen LogP contribution in [0.15, 0.2) is 12.1 Å². The lowest BCUT2D eigenvalue weighted by atomic mass is 9.78. The molecule has 0 heterocycles. The first-order valence-electron chi connectivity index (χ1n) is 6.85. The number of hydrogen-bond acceptors (Lipinski definition) is 4. The zero-order chi connectivity index (χ0) is 16.4. The van der Waals surface area contributed by atoms with Crippen LogP contribution < -0.4 is 10.5 Å². The van der Waals surface area contributed by atoms with Gasteiger partial charge in [-0.05, 0) is 38.0 Å². The zero-order valence-corrected chi connectivity index (χ0v) is 13.2. The van der Waals surface area contributed by atoms with Crippen molar-refractivity contribution in [1.82, 2.24) is 0 Å². The molecule has 0 saturated carbocycles. The number of hydrogen-bond donors (Lipinski definition) is 2. The molecule has 1 aromatic rings. The minimum Gasteiger partial charge on any atom is -0.481 e. The van der Waals surface area contributed by atoms with E-state index in [0.717, 1.165) is 16.7 Å². The number of carboxylic acids is 1. The number of nitrogens with two attached hydrogens (primary N) is 1. The Labute approximate surface area is 125 Å². The van der Waals surface area contributed by atoms with Gasteiger partial charge < -0.3 is 15.6 Å². The number of aryl methyl sites for hydroxylation is 2. The highest BCUT2D eigenvalue weighted by atomic mass is 16.5. The summed E-state index contributed by atoms with van der Waals surface area (Å²) in [5, 5.41) is 9.09. The maximum atomic E-state index is 11.8. The summed E-state index contributed by atoms with van der Waals surface area (Å²) in [6.07, 6.45) is -0.0559. The number of benzene rings is 1. The number of ether oxygens (including phenoxy) is 1. The highest BCUT2D eigenvalue weighted by molar-refractivity contribution is 5.78. The average Bonchev–Trinajstić information content (AvgIpc) is 2.24. The van der Waals surface area contributed by atoms with E-state index >= 15 is 0 Å². The molecule has 0 aliphatic heterocycles. The molecule has 0 spiro atoms. The van der Waals surface area contributed by atoms with Crippen molar-refractivity contribution in [3.63, 3.8) is 0 Å². The van der Waals surface area contributed by atoms with Crippen LogP contribution in [-0.4, -0.2) is 23.1 Å². The van der Waals surface area contributed by atoms with Gasteiger partial charge in [-0.2, -0.15) is 0 Å². The van der Waals surface area contributed by atoms with Crippen molar-refractivity contribution in [3.05, 3.63) is 28.8 Å². The molecule has 0 amide bonds. The molecule has 0 unspecified atom stereocenters. The van der Waals surface area contributed by atoms with Gasteiger partial charge in [-0.1, -0.05) is 19.9 Å². The van der Waals surface area contributed by atoms with Gasteiger partial charge >= 0.3 is 11.9 Å². The van der Waals surface area contributed by atoms with Crippen molar-refractivity contribution in [1.29, 1.82) is 0 Å². The first-order chi connectivity index (χ1) is 9.54. The van der Waals surface area contributed by atoms with Gasteiger partial charge in [0.15, 0.2) is 0 Å². The van der Waals surface area contributed by atoms with Crippen molar-refractivity contribution in [2.24, 2.45) is 5.73 Å². The van der Waals surface area contributed by atoms with Crippen LogP contribution in [0.1, 0.15) is 43.9 Å². The molecule has 1 rings (SSSR count). The normalized spacial score (nSPS) is 12.9. The summed E-state index contributed by atoms with van der Waals surface area (Å²) < 4.78 is 5.38. The Balaban J connectivity index is 3.35. The zero-order valence-electron chi connectivity index (χ0n) is 13.2. The standard InChI is InChI=1S/C16H23NO4/c1-9-6-10(2)14(16(4,5)8-13(18)19)12(7-9)21-15(20)11(3)17/h6-7,11H,8,17H2,1-5H3,(H,18,19)/t11-/m0/s1. The molecule has 3 N–H and O–H groups in total. The SMILES string of the molecule is Cc1cc(C)c(C(C)(C)CC(=O)O)c(OC(=O)[C@H](C)N)c1. The summed E-state index contributed by atoms with van der Waals surface area (Å²) in [5.41, 5.74) is 7.44. The van der Waals surface area contributed by atoms with Crippen molar-refractivity contribution in [2.75, 3.05) is 0 Å². The van der Waals surface area contributed by atoms with Crippen LogP contribution in [0, 0.1) is 13.8 Å². The van der Waals surface area contributed by atoms with E-state index in [9.17, 15) is 9.59 Å². The van der Waals surface area contributed by atoms with E-state index in [1.54, 1.807) is 13.0 Å². The van der Waals surface area contributed by atoms with Gasteiger partial charge in [0, 0.05) is 11.0 Å². The predicted octanol–water partition coefficient (Wildman–Crippen LogP) is 2.31. The lowest BCUT2D eigenvalue weighted by molar-refractivity contribution is -0.138. The van der Waals surface area contributed by atoms with Crippen LogP contribution in [0.5, 0.6) is 5.75 Å². The van der Waals surface area contributed by atoms with Crippen molar-refractivity contribution >= 4 is 11.9 Å². The van der Waals surface area contributed by atoms with Gasteiger partial charge in [-0.15, -0.1) is 0 Å². The monoisotopic (exact) mass is 293 g/mol. The smallest absolute Gasteiger partial charge is 0.328 e. The lowest BCUT2D eigenvalue weighted by Crippen LogP contribution is -2.32. The summed E-state index contributed by atoms with van der Waals surface area (Å²) in [6, 6.07) is 2.95. The summed E-state index contributed by atoms with van der Waals surface area (Å²) in [5.74, 6) is -1.04. The van der Waals surface area contributed by atoms with E-state index in [1.165, 1.54) is 0 Å². The predicted molar refractivity (Wildman–Crippen MR) is 80.5 cm³/mol. The Hall–Kier alpha value is -1.88. The fourth-order valence-electron chi connectivity index (χ4n) is 2.54. The van der Waals surface area contributed by atoms with E-state index in [-0.39, 0.29) is 6.42 Å². The van der Waals surface area contributed by atoms with Gasteiger partial charge in [0.2, 0.25) is 0 Å². The highest BCUT2D eigenvalue weighted by Gasteiger charge is 2.30. The fourth-order valence-corrected chi connectivity index (χ4v) is 2.54. The third-order valence-electron chi connectivity index (χ3n) is 3.30. The Kier molecular flexibility index (Phi) is 5.12. The van der Waals surface area contributed by atoms with Gasteiger partial charge in [0.05, 0.1) is 6.42 Å². The van der Waals surface area contributed by atoms with E-state index < -0.39 is 23.4 Å². The first kappa shape index (κ1) is 17.2. The van der Waals surface area contributed by atoms with Crippen molar-refractivity contribution in [3.8, 4) is 5.75 Å². The quantitative estimate of drug-likeness (QED) is 0.642. The van der Waals surface area contributed by atoms with E-state index in [4.69, 9.17) is 15.6 Å². The first-order valence-corrected chi connectivity index (χ1v) is 6.85. The number of rotatable bonds is 5. The van der Waals surface area contributed by atoms with Crippen LogP contribution in [0.3, 0.4) is 0 Å². The van der Waals surface area contributed by atoms with Gasteiger partial charge in [0.25, 0.3) is 0 Å². The molecule has 0 aliphatic rings. The second-order valence-electron chi connectivity index (χ2n) is 6.12. The van der Waals surface area contributed by atoms with E-state index in [1.807, 2.05) is 33.8 Å². The molecule has 0 radical (unpaired) electrons. The number of aliphatic carboxylic acids is 1. The van der Waals surface area contributed by atoms with Gasteiger partial charge in [-0.25, -0.2) is 4.79 Å². The Bertz CT molecular complexity index is 562. The van der Waals surface area contributed by atoms with Crippen molar-refractivity contribution in [2.45, 2.75) is 52.5 Å². The van der Waals surface area contributed by atoms with Crippen molar-refractivity contribution < 1.29 is 19.4 Å². The Morgan fingerprint density at radius 2 is 1.90 bits per heavy atom. The minimum atomic E-state index is -0.899. The molecule has 5 heteroatoms. The van der Waals surface area contributed by atoms with Crippen LogP contribution >= 0.6 is 0 Å². The molecular formula is C16H23NO4. The van der Waals surface area contributed by atoms with Crippen LogP contribution in [-0.2, 0) is 15.0 Å². The molecule has 116 valence electrons. The maximum absolute atomic E-state index is 11.8. The van der Waals surface area contributed by atoms with Gasteiger partial charge in [-0.3, -0.25) is 4.79 Å².